The van der Waals surface area contributed by atoms with Crippen LogP contribution < -0.4 is 18.9 Å². The molecule has 0 heterocycles. The van der Waals surface area contributed by atoms with E-state index < -0.39 is 8.09 Å². The Morgan fingerprint density at radius 2 is 1.31 bits per heavy atom. The summed E-state index contributed by atoms with van der Waals surface area (Å²) in [7, 11) is 6.16. The molecule has 8 heteroatoms. The third kappa shape index (κ3) is 3.91. The molecular weight excluding hydrogens is 529 g/mol. The van der Waals surface area contributed by atoms with Gasteiger partial charge in [0, 0.05) is 15.7 Å². The van der Waals surface area contributed by atoms with Crippen LogP contribution in [0.15, 0.2) is 82.6 Å². The smallest absolute Gasteiger partial charge is 0.175 e. The van der Waals surface area contributed by atoms with Crippen molar-refractivity contribution in [2.75, 3.05) is 28.4 Å². The lowest BCUT2D eigenvalue weighted by atomic mass is 9.97. The van der Waals surface area contributed by atoms with Crippen LogP contribution >= 0.6 is 41.2 Å². The van der Waals surface area contributed by atoms with Crippen LogP contribution in [0, 0.1) is 0 Å². The number of fused-ring (bicyclic) bond motifs is 3. The predicted octanol–water partition coefficient (Wildman–Crippen LogP) is 8.74. The fourth-order valence-corrected chi connectivity index (χ4v) is 10.2. The molecule has 0 fully saturated rings. The van der Waals surface area contributed by atoms with Gasteiger partial charge in [0.15, 0.2) is 11.5 Å². The third-order valence-corrected chi connectivity index (χ3v) is 15.1. The second-order valence-corrected chi connectivity index (χ2v) is 15.9. The van der Waals surface area contributed by atoms with Gasteiger partial charge in [-0.1, -0.05) is 50.1 Å². The highest BCUT2D eigenvalue weighted by Crippen LogP contribution is 2.79. The zero-order valence-corrected chi connectivity index (χ0v) is 23.7. The Bertz CT molecular complexity index is 1590. The van der Waals surface area contributed by atoms with Crippen LogP contribution in [-0.4, -0.2) is 28.4 Å². The number of hydrogen-bond acceptors (Lipinski definition) is 7. The summed E-state index contributed by atoms with van der Waals surface area (Å²) in [5.41, 5.74) is 0. The molecule has 0 aromatic heterocycles. The maximum atomic E-state index is 5.96. The first-order valence-electron chi connectivity index (χ1n) is 11.1. The lowest BCUT2D eigenvalue weighted by Gasteiger charge is -2.35. The van der Waals surface area contributed by atoms with Crippen LogP contribution in [-0.2, 0) is 0 Å². The quantitative estimate of drug-likeness (QED) is 0.120. The molecule has 1 atom stereocenters. The minimum Gasteiger partial charge on any atom is -0.496 e. The number of methoxy groups -OCH3 is 4. The van der Waals surface area contributed by atoms with Crippen LogP contribution in [0.2, 0.25) is 0 Å². The van der Waals surface area contributed by atoms with Gasteiger partial charge in [0.05, 0.1) is 38.7 Å². The summed E-state index contributed by atoms with van der Waals surface area (Å²) >= 11 is 10.0. The Labute approximate surface area is 225 Å². The molecule has 0 saturated carbocycles. The summed E-state index contributed by atoms with van der Waals surface area (Å²) < 4.78 is 23.4. The van der Waals surface area contributed by atoms with Crippen molar-refractivity contribution in [2.24, 2.45) is 0 Å². The lowest BCUT2D eigenvalue weighted by Crippen LogP contribution is -2.00. The average Bonchev–Trinajstić information content (AvgIpc) is 2.93. The molecule has 0 radical (unpaired) electrons. The van der Waals surface area contributed by atoms with Gasteiger partial charge in [-0.15, -0.1) is 11.7 Å². The molecular formula is C28H26O4S4. The van der Waals surface area contributed by atoms with Gasteiger partial charge >= 0.3 is 0 Å². The maximum absolute atomic E-state index is 5.96. The standard InChI is InChI=1S/C28H26O4S4/c1-29-23-12-8-9-17-13-18-15-22-19(14-21(18)26(31-3)25(17)23)16-24(30-2)27(32-4)28(22)36(34,35-33)20-10-6-5-7-11-20/h5-16,33-34H,1-4H3. The molecule has 4 nitrogen and oxygen atoms in total. The molecule has 186 valence electrons. The van der Waals surface area contributed by atoms with E-state index in [1.807, 2.05) is 36.4 Å². The molecule has 0 aliphatic carbocycles. The van der Waals surface area contributed by atoms with Gasteiger partial charge in [-0.25, -0.2) is 0 Å². The summed E-state index contributed by atoms with van der Waals surface area (Å²) in [6, 6.07) is 24.7. The number of hydrogen-bond donors (Lipinski definition) is 2. The van der Waals surface area contributed by atoms with Crippen molar-refractivity contribution in [1.29, 1.82) is 0 Å². The fraction of sp³-hybridized carbons (Fsp3) is 0.143. The van der Waals surface area contributed by atoms with Gasteiger partial charge in [-0.05, 0) is 68.4 Å². The maximum Gasteiger partial charge on any atom is 0.175 e. The molecule has 5 rings (SSSR count). The van der Waals surface area contributed by atoms with E-state index in [0.717, 1.165) is 53.6 Å². The Balaban J connectivity index is 1.96. The zero-order chi connectivity index (χ0) is 25.4. The lowest BCUT2D eigenvalue weighted by molar-refractivity contribution is 0.349. The fourth-order valence-electron chi connectivity index (χ4n) is 4.72. The van der Waals surface area contributed by atoms with Crippen LogP contribution in [0.1, 0.15) is 0 Å². The first kappa shape index (κ1) is 25.1. The SMILES string of the molecule is COc1cc2cc3c(OC)c4c(OC)cccc4cc3cc2c(S(S)(SS)c2ccccc2)c1OC. The Morgan fingerprint density at radius 1 is 0.639 bits per heavy atom. The zero-order valence-electron chi connectivity index (χ0n) is 20.3. The molecule has 0 saturated heterocycles. The summed E-state index contributed by atoms with van der Waals surface area (Å²) in [5, 5.41) is 6.03. The molecule has 0 bridgehead atoms. The van der Waals surface area contributed by atoms with Crippen LogP contribution in [0.25, 0.3) is 32.3 Å². The molecule has 1 unspecified atom stereocenters. The molecule has 36 heavy (non-hydrogen) atoms. The normalized spacial score (nSPS) is 13.9. The second kappa shape index (κ2) is 10.1. The highest BCUT2D eigenvalue weighted by Gasteiger charge is 2.33. The van der Waals surface area contributed by atoms with Crippen molar-refractivity contribution in [2.45, 2.75) is 9.79 Å². The number of rotatable bonds is 7. The van der Waals surface area contributed by atoms with Gasteiger partial charge in [0.25, 0.3) is 0 Å². The summed E-state index contributed by atoms with van der Waals surface area (Å²) in [6.07, 6.45) is 0. The minimum atomic E-state index is -1.95. The van der Waals surface area contributed by atoms with Gasteiger partial charge in [-0.3, -0.25) is 0 Å². The van der Waals surface area contributed by atoms with E-state index in [1.165, 1.54) is 9.83 Å². The highest BCUT2D eigenvalue weighted by molar-refractivity contribution is 9.34. The Hall–Kier alpha value is -2.52. The predicted molar refractivity (Wildman–Crippen MR) is 161 cm³/mol. The summed E-state index contributed by atoms with van der Waals surface area (Å²) in [5.74, 6) is 2.85. The van der Waals surface area contributed by atoms with E-state index in [0.29, 0.717) is 11.5 Å². The van der Waals surface area contributed by atoms with Crippen molar-refractivity contribution in [1.82, 2.24) is 0 Å². The molecule has 5 aromatic rings. The molecule has 0 amide bonds. The second-order valence-electron chi connectivity index (χ2n) is 8.12. The van der Waals surface area contributed by atoms with Crippen molar-refractivity contribution >= 4 is 73.6 Å². The van der Waals surface area contributed by atoms with Crippen LogP contribution in [0.5, 0.6) is 23.0 Å². The van der Waals surface area contributed by atoms with E-state index in [1.54, 1.807) is 28.4 Å². The van der Waals surface area contributed by atoms with Crippen molar-refractivity contribution in [3.05, 3.63) is 72.8 Å². The van der Waals surface area contributed by atoms with Crippen molar-refractivity contribution in [3.8, 4) is 23.0 Å². The molecule has 0 aliphatic heterocycles. The van der Waals surface area contributed by atoms with E-state index in [-0.39, 0.29) is 0 Å². The van der Waals surface area contributed by atoms with Crippen LogP contribution in [0.4, 0.5) is 0 Å². The van der Waals surface area contributed by atoms with E-state index in [4.69, 9.17) is 42.3 Å². The van der Waals surface area contributed by atoms with E-state index >= 15 is 0 Å². The van der Waals surface area contributed by atoms with Crippen LogP contribution in [0.3, 0.4) is 0 Å². The molecule has 0 aliphatic rings. The highest BCUT2D eigenvalue weighted by atomic mass is 33.7. The minimum absolute atomic E-state index is 0.640. The first-order valence-corrected chi connectivity index (χ1v) is 16.2. The van der Waals surface area contributed by atoms with Crippen molar-refractivity contribution < 1.29 is 18.9 Å². The molecule has 0 spiro atoms. The van der Waals surface area contributed by atoms with E-state index in [2.05, 4.69) is 36.4 Å². The Kier molecular flexibility index (Phi) is 7.05. The first-order chi connectivity index (χ1) is 17.5. The molecule has 5 aromatic carbocycles. The van der Waals surface area contributed by atoms with Gasteiger partial charge in [0.2, 0.25) is 0 Å². The number of ether oxygens (including phenoxy) is 4. The van der Waals surface area contributed by atoms with Crippen molar-refractivity contribution in [3.63, 3.8) is 0 Å². The summed E-state index contributed by atoms with van der Waals surface area (Å²) in [6.45, 7) is 0. The number of benzene rings is 5. The number of thiol groups is 2. The monoisotopic (exact) mass is 554 g/mol. The third-order valence-electron chi connectivity index (χ3n) is 6.32. The topological polar surface area (TPSA) is 36.9 Å². The summed E-state index contributed by atoms with van der Waals surface area (Å²) in [4.78, 5) is 2.03. The largest absolute Gasteiger partial charge is 0.496 e. The van der Waals surface area contributed by atoms with E-state index in [9.17, 15) is 0 Å². The Morgan fingerprint density at radius 3 is 1.94 bits per heavy atom. The average molecular weight is 555 g/mol. The van der Waals surface area contributed by atoms with Gasteiger partial charge < -0.3 is 18.9 Å². The van der Waals surface area contributed by atoms with Gasteiger partial charge in [-0.2, -0.15) is 0 Å². The van der Waals surface area contributed by atoms with Gasteiger partial charge in [0.1, 0.15) is 11.5 Å². The molecule has 0 N–H and O–H groups in total.